The maximum atomic E-state index is 13.1. The Morgan fingerprint density at radius 1 is 1.04 bits per heavy atom. The van der Waals surface area contributed by atoms with Gasteiger partial charge in [0.1, 0.15) is 11.6 Å². The summed E-state index contributed by atoms with van der Waals surface area (Å²) in [4.78, 5) is 2.33. The predicted molar refractivity (Wildman–Crippen MR) is 101 cm³/mol. The molecule has 25 heavy (non-hydrogen) atoms. The number of aromatic nitrogens is 1. The zero-order valence-corrected chi connectivity index (χ0v) is 14.9. The second-order valence-electron chi connectivity index (χ2n) is 6.39. The van der Waals surface area contributed by atoms with Crippen LogP contribution in [-0.2, 0) is 0 Å². The lowest BCUT2D eigenvalue weighted by Gasteiger charge is -2.15. The third-order valence-electron chi connectivity index (χ3n) is 4.32. The first-order valence-electron chi connectivity index (χ1n) is 8.86. The number of hydrogen-bond donors (Lipinski definition) is 0. The molecule has 0 atom stereocenters. The van der Waals surface area contributed by atoms with Gasteiger partial charge in [0, 0.05) is 23.8 Å². The van der Waals surface area contributed by atoms with E-state index in [-0.39, 0.29) is 5.82 Å². The van der Waals surface area contributed by atoms with Crippen LogP contribution in [0.2, 0.25) is 0 Å². The Balaban J connectivity index is 1.64. The highest BCUT2D eigenvalue weighted by Gasteiger charge is 2.05. The summed E-state index contributed by atoms with van der Waals surface area (Å²) in [7, 11) is 2.15. The van der Waals surface area contributed by atoms with Gasteiger partial charge >= 0.3 is 0 Å². The molecule has 0 radical (unpaired) electrons. The van der Waals surface area contributed by atoms with Crippen LogP contribution in [0.15, 0.2) is 54.7 Å². The lowest BCUT2D eigenvalue weighted by atomic mass is 10.2. The van der Waals surface area contributed by atoms with Gasteiger partial charge in [0.05, 0.1) is 12.1 Å². The smallest absolute Gasteiger partial charge is 0.123 e. The minimum Gasteiger partial charge on any atom is -0.494 e. The first kappa shape index (κ1) is 17.5. The average Bonchev–Trinajstić information content (AvgIpc) is 3.03. The normalized spacial score (nSPS) is 11.4. The van der Waals surface area contributed by atoms with Crippen molar-refractivity contribution in [2.24, 2.45) is 0 Å². The Morgan fingerprint density at radius 3 is 2.60 bits per heavy atom. The molecule has 0 spiro atoms. The minimum absolute atomic E-state index is 0.222. The second-order valence-corrected chi connectivity index (χ2v) is 6.39. The minimum atomic E-state index is -0.222. The van der Waals surface area contributed by atoms with Crippen molar-refractivity contribution in [1.29, 1.82) is 0 Å². The highest BCUT2D eigenvalue weighted by molar-refractivity contribution is 5.83. The van der Waals surface area contributed by atoms with Gasteiger partial charge in [0.15, 0.2) is 0 Å². The van der Waals surface area contributed by atoms with E-state index < -0.39 is 0 Å². The third-order valence-corrected chi connectivity index (χ3v) is 4.32. The van der Waals surface area contributed by atoms with E-state index in [1.165, 1.54) is 18.6 Å². The fraction of sp³-hybridized carbons (Fsp3) is 0.333. The average molecular weight is 340 g/mol. The van der Waals surface area contributed by atoms with Crippen LogP contribution >= 0.6 is 0 Å². The number of fused-ring (bicyclic) bond motifs is 1. The van der Waals surface area contributed by atoms with Gasteiger partial charge in [-0.3, -0.25) is 0 Å². The second kappa shape index (κ2) is 8.17. The SMILES string of the molecule is CCCN(C)CCCOc1ccc2c(ccn2-c2ccc(F)cc2)c1. The lowest BCUT2D eigenvalue weighted by molar-refractivity contribution is 0.263. The molecule has 0 N–H and O–H groups in total. The van der Waals surface area contributed by atoms with Crippen molar-refractivity contribution in [2.45, 2.75) is 19.8 Å². The summed E-state index contributed by atoms with van der Waals surface area (Å²) >= 11 is 0. The monoisotopic (exact) mass is 340 g/mol. The van der Waals surface area contributed by atoms with Crippen molar-refractivity contribution >= 4 is 10.9 Å². The van der Waals surface area contributed by atoms with Gasteiger partial charge in [-0.25, -0.2) is 4.39 Å². The van der Waals surface area contributed by atoms with Gasteiger partial charge < -0.3 is 14.2 Å². The number of hydrogen-bond acceptors (Lipinski definition) is 2. The summed E-state index contributed by atoms with van der Waals surface area (Å²) in [5.74, 6) is 0.669. The molecule has 3 aromatic rings. The van der Waals surface area contributed by atoms with Crippen molar-refractivity contribution in [3.8, 4) is 11.4 Å². The van der Waals surface area contributed by atoms with E-state index in [4.69, 9.17) is 4.74 Å². The summed E-state index contributed by atoms with van der Waals surface area (Å²) < 4.78 is 21.0. The molecular formula is C21H25FN2O. The first-order chi connectivity index (χ1) is 12.2. The molecule has 1 heterocycles. The summed E-state index contributed by atoms with van der Waals surface area (Å²) in [5.41, 5.74) is 2.03. The maximum Gasteiger partial charge on any atom is 0.123 e. The van der Waals surface area contributed by atoms with Crippen LogP contribution in [0.4, 0.5) is 4.39 Å². The van der Waals surface area contributed by atoms with Crippen LogP contribution in [0.1, 0.15) is 19.8 Å². The Labute approximate surface area is 148 Å². The molecule has 0 aliphatic rings. The van der Waals surface area contributed by atoms with Crippen LogP contribution in [0, 0.1) is 5.82 Å². The van der Waals surface area contributed by atoms with Gasteiger partial charge in [-0.1, -0.05) is 6.92 Å². The molecule has 0 saturated heterocycles. The molecule has 2 aromatic carbocycles. The van der Waals surface area contributed by atoms with E-state index in [1.807, 2.05) is 12.3 Å². The van der Waals surface area contributed by atoms with Gasteiger partial charge in [0.2, 0.25) is 0 Å². The standard InChI is InChI=1S/C21H25FN2O/c1-3-12-23(2)13-4-15-25-20-9-10-21-17(16-20)11-14-24(21)19-7-5-18(22)6-8-19/h5-11,14,16H,3-4,12-13,15H2,1-2H3. The summed E-state index contributed by atoms with van der Waals surface area (Å²) in [6, 6.07) is 14.7. The summed E-state index contributed by atoms with van der Waals surface area (Å²) in [5, 5.41) is 1.12. The molecule has 0 unspecified atom stereocenters. The number of benzene rings is 2. The van der Waals surface area contributed by atoms with Crippen molar-refractivity contribution < 1.29 is 9.13 Å². The molecule has 0 fully saturated rings. The number of nitrogens with zero attached hydrogens (tertiary/aromatic N) is 2. The van der Waals surface area contributed by atoms with Crippen molar-refractivity contribution in [1.82, 2.24) is 9.47 Å². The van der Waals surface area contributed by atoms with Crippen LogP contribution < -0.4 is 4.74 Å². The van der Waals surface area contributed by atoms with Crippen LogP contribution in [0.25, 0.3) is 16.6 Å². The van der Waals surface area contributed by atoms with Crippen molar-refractivity contribution in [3.63, 3.8) is 0 Å². The zero-order valence-electron chi connectivity index (χ0n) is 14.9. The molecule has 3 rings (SSSR count). The quantitative estimate of drug-likeness (QED) is 0.544. The van der Waals surface area contributed by atoms with E-state index in [1.54, 1.807) is 12.1 Å². The first-order valence-corrected chi connectivity index (χ1v) is 8.86. The molecule has 132 valence electrons. The fourth-order valence-electron chi connectivity index (χ4n) is 3.06. The number of rotatable bonds is 8. The Morgan fingerprint density at radius 2 is 1.84 bits per heavy atom. The highest BCUT2D eigenvalue weighted by atomic mass is 19.1. The number of ether oxygens (including phenoxy) is 1. The Hall–Kier alpha value is -2.33. The Bertz CT molecular complexity index is 810. The molecule has 0 aliphatic heterocycles. The fourth-order valence-corrected chi connectivity index (χ4v) is 3.06. The third kappa shape index (κ3) is 4.40. The molecule has 0 bridgehead atoms. The van der Waals surface area contributed by atoms with E-state index in [9.17, 15) is 4.39 Å². The molecule has 3 nitrogen and oxygen atoms in total. The number of halogens is 1. The molecule has 0 saturated carbocycles. The molecule has 0 aliphatic carbocycles. The van der Waals surface area contributed by atoms with Crippen molar-refractivity contribution in [3.05, 3.63) is 60.5 Å². The van der Waals surface area contributed by atoms with E-state index >= 15 is 0 Å². The van der Waals surface area contributed by atoms with Crippen LogP contribution in [0.3, 0.4) is 0 Å². The van der Waals surface area contributed by atoms with Crippen molar-refractivity contribution in [2.75, 3.05) is 26.7 Å². The van der Waals surface area contributed by atoms with E-state index in [0.717, 1.165) is 48.5 Å². The van der Waals surface area contributed by atoms with E-state index in [2.05, 4.69) is 41.6 Å². The Kier molecular flexibility index (Phi) is 5.71. The summed E-state index contributed by atoms with van der Waals surface area (Å²) in [6.07, 6.45) is 4.20. The topological polar surface area (TPSA) is 17.4 Å². The van der Waals surface area contributed by atoms with Crippen LogP contribution in [0.5, 0.6) is 5.75 Å². The van der Waals surface area contributed by atoms with Gasteiger partial charge in [-0.15, -0.1) is 0 Å². The summed E-state index contributed by atoms with van der Waals surface area (Å²) in [6.45, 7) is 5.10. The molecular weight excluding hydrogens is 315 g/mol. The highest BCUT2D eigenvalue weighted by Crippen LogP contribution is 2.25. The van der Waals surface area contributed by atoms with Gasteiger partial charge in [-0.05, 0) is 75.0 Å². The van der Waals surface area contributed by atoms with E-state index in [0.29, 0.717) is 0 Å². The van der Waals surface area contributed by atoms with Gasteiger partial charge in [-0.2, -0.15) is 0 Å². The molecule has 4 heteroatoms. The van der Waals surface area contributed by atoms with Gasteiger partial charge in [0.25, 0.3) is 0 Å². The largest absolute Gasteiger partial charge is 0.494 e. The predicted octanol–water partition coefficient (Wildman–Crippen LogP) is 4.88. The molecule has 1 aromatic heterocycles. The lowest BCUT2D eigenvalue weighted by Crippen LogP contribution is -2.21. The zero-order chi connectivity index (χ0) is 17.6. The maximum absolute atomic E-state index is 13.1. The molecule has 0 amide bonds. The van der Waals surface area contributed by atoms with Crippen LogP contribution in [-0.4, -0.2) is 36.2 Å².